The molecule has 0 saturated carbocycles. The maximum Gasteiger partial charge on any atom is 0.240 e. The normalized spacial score (nSPS) is 12.0. The lowest BCUT2D eigenvalue weighted by molar-refractivity contribution is 0.530. The van der Waals surface area contributed by atoms with Gasteiger partial charge in [-0.25, -0.2) is 13.1 Å². The van der Waals surface area contributed by atoms with Crippen LogP contribution in [0.3, 0.4) is 0 Å². The summed E-state index contributed by atoms with van der Waals surface area (Å²) in [5.41, 5.74) is 5.85. The van der Waals surface area contributed by atoms with Crippen molar-refractivity contribution in [2.75, 3.05) is 5.73 Å². The van der Waals surface area contributed by atoms with E-state index in [4.69, 9.17) is 17.3 Å². The maximum atomic E-state index is 12.0. The third kappa shape index (κ3) is 3.59. The standard InChI is InChI=1S/C11H17ClN2O2S/c1-3-8(4-2)14-17(15,16)9-5-6-10(12)11(13)7-9/h5-8,14H,3-4,13H2,1-2H3. The Kier molecular flexibility index (Phi) is 4.80. The zero-order valence-electron chi connectivity index (χ0n) is 9.90. The molecule has 0 amide bonds. The highest BCUT2D eigenvalue weighted by atomic mass is 35.5. The number of nitrogen functional groups attached to an aromatic ring is 1. The lowest BCUT2D eigenvalue weighted by Gasteiger charge is -2.15. The highest BCUT2D eigenvalue weighted by Gasteiger charge is 2.18. The van der Waals surface area contributed by atoms with Crippen molar-refractivity contribution in [3.8, 4) is 0 Å². The summed E-state index contributed by atoms with van der Waals surface area (Å²) in [4.78, 5) is 0.145. The van der Waals surface area contributed by atoms with E-state index in [0.29, 0.717) is 5.02 Å². The molecule has 0 heterocycles. The number of nitrogens with two attached hydrogens (primary N) is 1. The predicted molar refractivity (Wildman–Crippen MR) is 70.6 cm³/mol. The third-order valence-corrected chi connectivity index (χ3v) is 4.45. The fourth-order valence-electron chi connectivity index (χ4n) is 1.43. The first kappa shape index (κ1) is 14.3. The molecule has 6 heteroatoms. The summed E-state index contributed by atoms with van der Waals surface area (Å²) in [5, 5.41) is 0.353. The third-order valence-electron chi connectivity index (χ3n) is 2.59. The Morgan fingerprint density at radius 2 is 1.94 bits per heavy atom. The minimum Gasteiger partial charge on any atom is -0.397 e. The number of sulfonamides is 1. The van der Waals surface area contributed by atoms with Crippen molar-refractivity contribution in [1.82, 2.24) is 4.72 Å². The molecule has 0 atom stereocenters. The van der Waals surface area contributed by atoms with Gasteiger partial charge in [-0.2, -0.15) is 0 Å². The van der Waals surface area contributed by atoms with E-state index >= 15 is 0 Å². The number of benzene rings is 1. The summed E-state index contributed by atoms with van der Waals surface area (Å²) in [6.07, 6.45) is 1.50. The molecule has 0 unspecified atom stereocenters. The molecule has 0 saturated heterocycles. The molecule has 0 aromatic heterocycles. The highest BCUT2D eigenvalue weighted by Crippen LogP contribution is 2.22. The van der Waals surface area contributed by atoms with Crippen LogP contribution < -0.4 is 10.5 Å². The minimum absolute atomic E-state index is 0.0584. The molecule has 0 radical (unpaired) electrons. The number of rotatable bonds is 5. The largest absolute Gasteiger partial charge is 0.397 e. The van der Waals surface area contributed by atoms with E-state index < -0.39 is 10.0 Å². The van der Waals surface area contributed by atoms with Gasteiger partial charge >= 0.3 is 0 Å². The monoisotopic (exact) mass is 276 g/mol. The van der Waals surface area contributed by atoms with Crippen LogP contribution in [0.15, 0.2) is 23.1 Å². The van der Waals surface area contributed by atoms with Crippen LogP contribution in [0.2, 0.25) is 5.02 Å². The summed E-state index contributed by atoms with van der Waals surface area (Å²) in [6, 6.07) is 4.24. The molecule has 0 aliphatic rings. The van der Waals surface area contributed by atoms with Crippen LogP contribution in [0.5, 0.6) is 0 Å². The second-order valence-corrected chi connectivity index (χ2v) is 5.94. The second kappa shape index (κ2) is 5.71. The average Bonchev–Trinajstić information content (AvgIpc) is 2.29. The van der Waals surface area contributed by atoms with E-state index in [-0.39, 0.29) is 16.6 Å². The molecule has 0 aliphatic heterocycles. The molecule has 17 heavy (non-hydrogen) atoms. The van der Waals surface area contributed by atoms with Crippen molar-refractivity contribution in [2.45, 2.75) is 37.6 Å². The Hall–Kier alpha value is -0.780. The van der Waals surface area contributed by atoms with E-state index in [2.05, 4.69) is 4.72 Å². The van der Waals surface area contributed by atoms with E-state index in [1.54, 1.807) is 0 Å². The smallest absolute Gasteiger partial charge is 0.240 e. The first-order valence-electron chi connectivity index (χ1n) is 5.48. The van der Waals surface area contributed by atoms with Gasteiger partial charge in [0, 0.05) is 6.04 Å². The van der Waals surface area contributed by atoms with Gasteiger partial charge in [0.1, 0.15) is 0 Å². The van der Waals surface area contributed by atoms with Gasteiger partial charge in [0.25, 0.3) is 0 Å². The molecule has 1 aromatic rings. The molecule has 0 bridgehead atoms. The van der Waals surface area contributed by atoms with Gasteiger partial charge in [-0.15, -0.1) is 0 Å². The maximum absolute atomic E-state index is 12.0. The summed E-state index contributed by atoms with van der Waals surface area (Å²) in [7, 11) is -3.51. The van der Waals surface area contributed by atoms with Crippen LogP contribution in [0.1, 0.15) is 26.7 Å². The van der Waals surface area contributed by atoms with Gasteiger partial charge in [-0.3, -0.25) is 0 Å². The second-order valence-electron chi connectivity index (χ2n) is 3.82. The van der Waals surface area contributed by atoms with E-state index in [1.807, 2.05) is 13.8 Å². The topological polar surface area (TPSA) is 72.2 Å². The summed E-state index contributed by atoms with van der Waals surface area (Å²) >= 11 is 5.75. The van der Waals surface area contributed by atoms with Gasteiger partial charge < -0.3 is 5.73 Å². The summed E-state index contributed by atoms with van der Waals surface area (Å²) < 4.78 is 26.7. The summed E-state index contributed by atoms with van der Waals surface area (Å²) in [6.45, 7) is 3.87. The molecule has 3 N–H and O–H groups in total. The molecule has 96 valence electrons. The lowest BCUT2D eigenvalue weighted by Crippen LogP contribution is -2.33. The number of anilines is 1. The molecule has 1 aromatic carbocycles. The number of hydrogen-bond donors (Lipinski definition) is 2. The van der Waals surface area contributed by atoms with Crippen molar-refractivity contribution >= 4 is 27.3 Å². The van der Waals surface area contributed by atoms with Gasteiger partial charge in [-0.1, -0.05) is 25.4 Å². The highest BCUT2D eigenvalue weighted by molar-refractivity contribution is 7.89. The quantitative estimate of drug-likeness (QED) is 0.811. The van der Waals surface area contributed by atoms with Crippen molar-refractivity contribution in [3.05, 3.63) is 23.2 Å². The van der Waals surface area contributed by atoms with Gasteiger partial charge in [0.2, 0.25) is 10.0 Å². The Balaban J connectivity index is 3.01. The number of nitrogens with one attached hydrogen (secondary N) is 1. The van der Waals surface area contributed by atoms with E-state index in [9.17, 15) is 8.42 Å². The molecular formula is C11H17ClN2O2S. The molecule has 0 spiro atoms. The van der Waals surface area contributed by atoms with Crippen molar-refractivity contribution in [1.29, 1.82) is 0 Å². The fraction of sp³-hybridized carbons (Fsp3) is 0.455. The van der Waals surface area contributed by atoms with E-state index in [0.717, 1.165) is 12.8 Å². The van der Waals surface area contributed by atoms with Gasteiger partial charge in [-0.05, 0) is 31.0 Å². The first-order valence-corrected chi connectivity index (χ1v) is 7.34. The molecular weight excluding hydrogens is 260 g/mol. The van der Waals surface area contributed by atoms with Crippen LogP contribution in [-0.4, -0.2) is 14.5 Å². The molecule has 0 fully saturated rings. The predicted octanol–water partition coefficient (Wildman–Crippen LogP) is 2.39. The van der Waals surface area contributed by atoms with E-state index in [1.165, 1.54) is 18.2 Å². The molecule has 1 rings (SSSR count). The Bertz CT molecular complexity index is 484. The van der Waals surface area contributed by atoms with Gasteiger partial charge in [0.15, 0.2) is 0 Å². The molecule has 4 nitrogen and oxygen atoms in total. The van der Waals surface area contributed by atoms with Crippen LogP contribution in [-0.2, 0) is 10.0 Å². The van der Waals surface area contributed by atoms with Crippen LogP contribution in [0, 0.1) is 0 Å². The fourth-order valence-corrected chi connectivity index (χ4v) is 2.99. The number of hydrogen-bond acceptors (Lipinski definition) is 3. The zero-order chi connectivity index (χ0) is 13.1. The minimum atomic E-state index is -3.51. The van der Waals surface area contributed by atoms with Crippen LogP contribution in [0.25, 0.3) is 0 Å². The Morgan fingerprint density at radius 1 is 1.35 bits per heavy atom. The number of halogens is 1. The van der Waals surface area contributed by atoms with Crippen LogP contribution >= 0.6 is 11.6 Å². The summed E-state index contributed by atoms with van der Waals surface area (Å²) in [5.74, 6) is 0. The van der Waals surface area contributed by atoms with Crippen LogP contribution in [0.4, 0.5) is 5.69 Å². The van der Waals surface area contributed by atoms with Crippen molar-refractivity contribution in [3.63, 3.8) is 0 Å². The molecule has 0 aliphatic carbocycles. The SMILES string of the molecule is CCC(CC)NS(=O)(=O)c1ccc(Cl)c(N)c1. The zero-order valence-corrected chi connectivity index (χ0v) is 11.5. The average molecular weight is 277 g/mol. The Labute approximate surface area is 107 Å². The van der Waals surface area contributed by atoms with Crippen molar-refractivity contribution < 1.29 is 8.42 Å². The van der Waals surface area contributed by atoms with Gasteiger partial charge in [0.05, 0.1) is 15.6 Å². The Morgan fingerprint density at radius 3 is 2.41 bits per heavy atom. The lowest BCUT2D eigenvalue weighted by atomic mass is 10.2. The van der Waals surface area contributed by atoms with Crippen molar-refractivity contribution in [2.24, 2.45) is 0 Å². The first-order chi connectivity index (χ1) is 7.90.